The summed E-state index contributed by atoms with van der Waals surface area (Å²) in [4.78, 5) is 29.8. The van der Waals surface area contributed by atoms with E-state index in [-0.39, 0.29) is 12.5 Å². The highest BCUT2D eigenvalue weighted by Crippen LogP contribution is 2.40. The van der Waals surface area contributed by atoms with Gasteiger partial charge in [0.05, 0.1) is 43.8 Å². The quantitative estimate of drug-likeness (QED) is 0.250. The lowest BCUT2D eigenvalue weighted by Crippen LogP contribution is -2.31. The summed E-state index contributed by atoms with van der Waals surface area (Å²) in [5.41, 5.74) is 1.93. The van der Waals surface area contributed by atoms with Crippen molar-refractivity contribution in [1.29, 1.82) is 0 Å². The summed E-state index contributed by atoms with van der Waals surface area (Å²) >= 11 is 20.1. The summed E-state index contributed by atoms with van der Waals surface area (Å²) in [5, 5.41) is 12.7. The van der Waals surface area contributed by atoms with Crippen LogP contribution in [0, 0.1) is 0 Å². The molecule has 0 spiro atoms. The van der Waals surface area contributed by atoms with Crippen LogP contribution in [-0.2, 0) is 14.3 Å². The van der Waals surface area contributed by atoms with E-state index < -0.39 is 5.97 Å². The lowest BCUT2D eigenvalue weighted by molar-refractivity contribution is -0.139. The molecule has 0 aliphatic carbocycles. The number of hydrogen-bond donors (Lipinski definition) is 1. The Morgan fingerprint density at radius 2 is 1.94 bits per heavy atom. The van der Waals surface area contributed by atoms with Gasteiger partial charge in [0.2, 0.25) is 11.0 Å². The zero-order valence-electron chi connectivity index (χ0n) is 18.0. The predicted molar refractivity (Wildman–Crippen MR) is 134 cm³/mol. The fourth-order valence-corrected chi connectivity index (χ4v) is 4.60. The average molecular weight is 529 g/mol. The number of azo groups is 1. The van der Waals surface area contributed by atoms with Crippen molar-refractivity contribution in [2.45, 2.75) is 20.3 Å². The number of amides is 1. The number of carbonyl (C=O) groups is 2. The predicted octanol–water partition coefficient (Wildman–Crippen LogP) is 7.02. The molecular weight excluding hydrogens is 509 g/mol. The van der Waals surface area contributed by atoms with Gasteiger partial charge in [-0.15, -0.1) is 10.2 Å². The average Bonchev–Trinajstić information content (AvgIpc) is 3.19. The minimum absolute atomic E-state index is 0.0134. The first kappa shape index (κ1) is 25.2. The molecule has 1 amide bonds. The first-order valence-electron chi connectivity index (χ1n) is 9.82. The highest BCUT2D eigenvalue weighted by atomic mass is 35.5. The van der Waals surface area contributed by atoms with E-state index >= 15 is 0 Å². The largest absolute Gasteiger partial charge is 0.468 e. The number of thiazole rings is 1. The normalized spacial score (nSPS) is 11.2. The SMILES string of the molecule is CCCN(CC(=O)OC)c1cc(NC(C)=O)c(N=Nc2nc3ccc(Cl)c(Cl)c3s2)cc1Cl. The number of esters is 1. The van der Waals surface area contributed by atoms with Crippen LogP contribution in [0.1, 0.15) is 20.3 Å². The van der Waals surface area contributed by atoms with E-state index in [1.165, 1.54) is 25.4 Å². The molecule has 8 nitrogen and oxygen atoms in total. The van der Waals surface area contributed by atoms with Crippen molar-refractivity contribution in [2.75, 3.05) is 30.4 Å². The number of nitrogens with one attached hydrogen (secondary N) is 1. The van der Waals surface area contributed by atoms with Crippen LogP contribution in [0.2, 0.25) is 15.1 Å². The van der Waals surface area contributed by atoms with E-state index in [1.54, 1.807) is 29.2 Å². The Balaban J connectivity index is 2.00. The van der Waals surface area contributed by atoms with Crippen LogP contribution >= 0.6 is 46.1 Å². The number of rotatable bonds is 8. The Morgan fingerprint density at radius 1 is 1.18 bits per heavy atom. The molecule has 174 valence electrons. The molecule has 0 radical (unpaired) electrons. The molecule has 12 heteroatoms. The topological polar surface area (TPSA) is 96.2 Å². The Hall–Kier alpha value is -2.46. The molecule has 0 unspecified atom stereocenters. The summed E-state index contributed by atoms with van der Waals surface area (Å²) in [6, 6.07) is 6.64. The van der Waals surface area contributed by atoms with Crippen molar-refractivity contribution >= 4 is 90.4 Å². The van der Waals surface area contributed by atoms with Gasteiger partial charge in [0.1, 0.15) is 12.2 Å². The van der Waals surface area contributed by atoms with Crippen LogP contribution in [0.15, 0.2) is 34.5 Å². The zero-order chi connectivity index (χ0) is 24.1. The first-order chi connectivity index (χ1) is 15.7. The highest BCUT2D eigenvalue weighted by molar-refractivity contribution is 7.22. The Kier molecular flexibility index (Phi) is 8.47. The number of methoxy groups -OCH3 is 1. The molecule has 2 aromatic carbocycles. The maximum atomic E-state index is 11.9. The summed E-state index contributed by atoms with van der Waals surface area (Å²) in [5.74, 6) is -0.699. The molecule has 1 N–H and O–H groups in total. The molecule has 3 aromatic rings. The third-order valence-corrected chi connectivity index (χ3v) is 6.63. The van der Waals surface area contributed by atoms with E-state index in [9.17, 15) is 9.59 Å². The van der Waals surface area contributed by atoms with Crippen molar-refractivity contribution < 1.29 is 14.3 Å². The third kappa shape index (κ3) is 6.11. The van der Waals surface area contributed by atoms with Crippen LogP contribution < -0.4 is 10.2 Å². The Labute approximate surface area is 209 Å². The number of benzene rings is 2. The van der Waals surface area contributed by atoms with Crippen molar-refractivity contribution in [2.24, 2.45) is 10.2 Å². The monoisotopic (exact) mass is 527 g/mol. The van der Waals surface area contributed by atoms with Gasteiger partial charge in [0.25, 0.3) is 0 Å². The second-order valence-electron chi connectivity index (χ2n) is 6.91. The standard InChI is InChI=1S/C21H20Cl3N5O3S/c1-4-7-29(10-18(31)32-3)17-9-15(25-11(2)30)16(8-13(17)23)27-28-21-26-14-6-5-12(22)19(24)20(14)33-21/h5-6,8-9H,4,7,10H2,1-3H3,(H,25,30). The smallest absolute Gasteiger partial charge is 0.325 e. The van der Waals surface area contributed by atoms with Crippen molar-refractivity contribution in [1.82, 2.24) is 4.98 Å². The van der Waals surface area contributed by atoms with Crippen molar-refractivity contribution in [3.8, 4) is 0 Å². The number of ether oxygens (including phenoxy) is 1. The fourth-order valence-electron chi connectivity index (χ4n) is 3.00. The van der Waals surface area contributed by atoms with Gasteiger partial charge in [-0.2, -0.15) is 0 Å². The van der Waals surface area contributed by atoms with E-state index in [4.69, 9.17) is 39.5 Å². The fraction of sp³-hybridized carbons (Fsp3) is 0.286. The molecule has 3 rings (SSSR count). The summed E-state index contributed by atoms with van der Waals surface area (Å²) in [6.45, 7) is 3.93. The molecule has 1 aromatic heterocycles. The van der Waals surface area contributed by atoms with Gasteiger partial charge in [0, 0.05) is 13.5 Å². The molecule has 33 heavy (non-hydrogen) atoms. The second-order valence-corrected chi connectivity index (χ2v) is 9.08. The summed E-state index contributed by atoms with van der Waals surface area (Å²) in [7, 11) is 1.32. The Morgan fingerprint density at radius 3 is 2.61 bits per heavy atom. The van der Waals surface area contributed by atoms with Gasteiger partial charge in [-0.05, 0) is 30.7 Å². The highest BCUT2D eigenvalue weighted by Gasteiger charge is 2.18. The number of fused-ring (bicyclic) bond motifs is 1. The van der Waals surface area contributed by atoms with Crippen LogP contribution in [0.4, 0.5) is 22.2 Å². The third-order valence-electron chi connectivity index (χ3n) is 4.44. The van der Waals surface area contributed by atoms with E-state index in [0.717, 1.165) is 6.42 Å². The molecule has 1 heterocycles. The maximum Gasteiger partial charge on any atom is 0.325 e. The number of nitrogens with zero attached hydrogens (tertiary/aromatic N) is 4. The van der Waals surface area contributed by atoms with Crippen molar-refractivity contribution in [3.05, 3.63) is 39.3 Å². The molecule has 0 saturated heterocycles. The molecule has 0 bridgehead atoms. The summed E-state index contributed by atoms with van der Waals surface area (Å²) in [6.07, 6.45) is 0.772. The number of halogens is 3. The maximum absolute atomic E-state index is 11.9. The van der Waals surface area contributed by atoms with Crippen LogP contribution in [0.3, 0.4) is 0 Å². The molecule has 0 fully saturated rings. The first-order valence-corrected chi connectivity index (χ1v) is 11.8. The van der Waals surface area contributed by atoms with Crippen LogP contribution in [0.5, 0.6) is 0 Å². The number of carbonyl (C=O) groups excluding carboxylic acids is 2. The van der Waals surface area contributed by atoms with Gasteiger partial charge >= 0.3 is 5.97 Å². The van der Waals surface area contributed by atoms with Gasteiger partial charge < -0.3 is 15.0 Å². The second kappa shape index (κ2) is 11.1. The van der Waals surface area contributed by atoms with Crippen LogP contribution in [-0.4, -0.2) is 37.1 Å². The minimum Gasteiger partial charge on any atom is -0.468 e. The van der Waals surface area contributed by atoms with Gasteiger partial charge in [-0.3, -0.25) is 9.59 Å². The van der Waals surface area contributed by atoms with Gasteiger partial charge in [-0.1, -0.05) is 53.1 Å². The minimum atomic E-state index is -0.404. The van der Waals surface area contributed by atoms with E-state index in [2.05, 4.69) is 20.5 Å². The van der Waals surface area contributed by atoms with E-state index in [0.29, 0.717) is 54.0 Å². The molecule has 0 aliphatic rings. The molecule has 0 aliphatic heterocycles. The van der Waals surface area contributed by atoms with E-state index in [1.807, 2.05) is 6.92 Å². The molecular formula is C21H20Cl3N5O3S. The van der Waals surface area contributed by atoms with Gasteiger partial charge in [-0.25, -0.2) is 4.98 Å². The molecule has 0 atom stereocenters. The van der Waals surface area contributed by atoms with Gasteiger partial charge in [0.15, 0.2) is 0 Å². The molecule has 0 saturated carbocycles. The zero-order valence-corrected chi connectivity index (χ0v) is 21.1. The summed E-state index contributed by atoms with van der Waals surface area (Å²) < 4.78 is 5.49. The number of anilines is 2. The number of hydrogen-bond acceptors (Lipinski definition) is 8. The Bertz CT molecular complexity index is 1230. The van der Waals surface area contributed by atoms with Crippen molar-refractivity contribution in [3.63, 3.8) is 0 Å². The number of aromatic nitrogens is 1. The lowest BCUT2D eigenvalue weighted by Gasteiger charge is -2.25. The lowest BCUT2D eigenvalue weighted by atomic mass is 10.2. The van der Waals surface area contributed by atoms with Crippen LogP contribution in [0.25, 0.3) is 10.2 Å².